The molecule has 1 saturated heterocycles. The fourth-order valence-corrected chi connectivity index (χ4v) is 5.11. The number of rotatable bonds is 5. The fourth-order valence-electron chi connectivity index (χ4n) is 3.71. The van der Waals surface area contributed by atoms with Crippen molar-refractivity contribution in [3.05, 3.63) is 101 Å². The molecule has 33 heavy (non-hydrogen) atoms. The third-order valence-corrected chi connectivity index (χ3v) is 6.91. The van der Waals surface area contributed by atoms with Gasteiger partial charge in [-0.3, -0.25) is 9.00 Å². The average molecular weight is 475 g/mol. The van der Waals surface area contributed by atoms with Crippen LogP contribution in [0.4, 0.5) is 0 Å². The van der Waals surface area contributed by atoms with Gasteiger partial charge in [0.1, 0.15) is 5.03 Å². The predicted octanol–water partition coefficient (Wildman–Crippen LogP) is 4.77. The molecule has 1 unspecified atom stereocenters. The Morgan fingerprint density at radius 3 is 2.70 bits per heavy atom. The summed E-state index contributed by atoms with van der Waals surface area (Å²) in [6, 6.07) is 18.8. The molecule has 1 amide bonds. The molecule has 0 saturated carbocycles. The van der Waals surface area contributed by atoms with Crippen molar-refractivity contribution in [1.82, 2.24) is 19.9 Å². The van der Waals surface area contributed by atoms with Gasteiger partial charge in [0.2, 0.25) is 5.91 Å². The van der Waals surface area contributed by atoms with Crippen LogP contribution in [0.2, 0.25) is 5.02 Å². The number of benzene rings is 2. The molecule has 1 N–H and O–H groups in total. The first-order valence-corrected chi connectivity index (χ1v) is 11.9. The molecule has 0 bridgehead atoms. The molecule has 1 fully saturated rings. The molecular formula is C25H19ClN4O2S. The number of halogens is 1. The van der Waals surface area contributed by atoms with Crippen LogP contribution >= 0.6 is 11.6 Å². The number of nitrogens with one attached hydrogen (secondary N) is 1. The second-order valence-electron chi connectivity index (χ2n) is 7.67. The number of fused-ring (bicyclic) bond motifs is 1. The summed E-state index contributed by atoms with van der Waals surface area (Å²) < 4.78 is 15.0. The Bertz CT molecular complexity index is 1460. The van der Waals surface area contributed by atoms with Gasteiger partial charge < -0.3 is 5.32 Å². The lowest BCUT2D eigenvalue weighted by atomic mass is 10.1. The summed E-state index contributed by atoms with van der Waals surface area (Å²) in [6.07, 6.45) is 3.76. The van der Waals surface area contributed by atoms with Crippen molar-refractivity contribution in [2.45, 2.75) is 17.2 Å². The molecule has 1 aliphatic rings. The molecule has 6 nitrogen and oxygen atoms in total. The van der Waals surface area contributed by atoms with E-state index < -0.39 is 10.8 Å². The van der Waals surface area contributed by atoms with E-state index in [9.17, 15) is 9.00 Å². The Morgan fingerprint density at radius 1 is 1.15 bits per heavy atom. The first-order chi connectivity index (χ1) is 16.0. The molecule has 0 aliphatic carbocycles. The van der Waals surface area contributed by atoms with Crippen molar-refractivity contribution >= 4 is 40.0 Å². The maximum Gasteiger partial charge on any atom is 0.228 e. The number of nitrogens with zero attached hydrogens (tertiary/aromatic N) is 3. The maximum absolute atomic E-state index is 13.4. The van der Waals surface area contributed by atoms with Gasteiger partial charge in [-0.2, -0.15) is 5.10 Å². The topological polar surface area (TPSA) is 76.4 Å². The van der Waals surface area contributed by atoms with E-state index in [1.165, 1.54) is 0 Å². The van der Waals surface area contributed by atoms with E-state index in [-0.39, 0.29) is 12.3 Å². The zero-order valence-electron chi connectivity index (χ0n) is 17.5. The van der Waals surface area contributed by atoms with E-state index in [1.807, 2.05) is 54.6 Å². The highest BCUT2D eigenvalue weighted by atomic mass is 35.5. The number of hydrogen-bond acceptors (Lipinski definition) is 4. The zero-order chi connectivity index (χ0) is 22.9. The monoisotopic (exact) mass is 474 g/mol. The maximum atomic E-state index is 13.4. The van der Waals surface area contributed by atoms with Gasteiger partial charge in [-0.05, 0) is 35.4 Å². The minimum atomic E-state index is -1.38. The second-order valence-corrected chi connectivity index (χ2v) is 9.51. The average Bonchev–Trinajstić information content (AvgIpc) is 3.35. The number of amides is 1. The van der Waals surface area contributed by atoms with Crippen LogP contribution in [0.1, 0.15) is 17.5 Å². The standard InChI is InChI=1S/C25H19ClN4O2S/c1-16-19(12-23(31)28-16)10-20-14-27-30-24(33(32)15-17-6-3-2-4-7-17)13-22(29-25(20)30)18-8-5-9-21(26)11-18/h2-11,13-14H,1,12,15H2,(H,28,31)/b19-10+. The van der Waals surface area contributed by atoms with Gasteiger partial charge in [0.05, 0.1) is 34.9 Å². The molecule has 0 radical (unpaired) electrons. The van der Waals surface area contributed by atoms with Crippen molar-refractivity contribution in [3.63, 3.8) is 0 Å². The van der Waals surface area contributed by atoms with E-state index in [0.717, 1.165) is 16.7 Å². The van der Waals surface area contributed by atoms with Crippen molar-refractivity contribution in [1.29, 1.82) is 0 Å². The third-order valence-electron chi connectivity index (χ3n) is 5.32. The minimum Gasteiger partial charge on any atom is -0.326 e. The highest BCUT2D eigenvalue weighted by Crippen LogP contribution is 2.28. The molecule has 2 aromatic heterocycles. The normalized spacial score (nSPS) is 15.8. The second kappa shape index (κ2) is 8.77. The number of aromatic nitrogens is 3. The minimum absolute atomic E-state index is 0.0973. The number of allylic oxidation sites excluding steroid dienone is 1. The Morgan fingerprint density at radius 2 is 1.97 bits per heavy atom. The van der Waals surface area contributed by atoms with Crippen molar-refractivity contribution in [3.8, 4) is 11.3 Å². The van der Waals surface area contributed by atoms with Gasteiger partial charge in [0, 0.05) is 21.8 Å². The van der Waals surface area contributed by atoms with Gasteiger partial charge in [0.25, 0.3) is 0 Å². The summed E-state index contributed by atoms with van der Waals surface area (Å²) in [6.45, 7) is 3.90. The Balaban J connectivity index is 1.66. The van der Waals surface area contributed by atoms with Crippen LogP contribution in [0, 0.1) is 0 Å². The molecule has 8 heteroatoms. The molecule has 0 spiro atoms. The fraction of sp³-hybridized carbons (Fsp3) is 0.0800. The summed E-state index contributed by atoms with van der Waals surface area (Å²) in [5.41, 5.74) is 5.01. The Kier molecular flexibility index (Phi) is 5.66. The SMILES string of the molecule is C=C1NC(=O)C/C1=C\c1cnn2c(S(=O)Cc3ccccc3)cc(-c3cccc(Cl)c3)nc12. The Hall–Kier alpha value is -3.55. The quantitative estimate of drug-likeness (QED) is 0.422. The summed E-state index contributed by atoms with van der Waals surface area (Å²) >= 11 is 6.21. The number of carbonyl (C=O) groups is 1. The summed E-state index contributed by atoms with van der Waals surface area (Å²) in [4.78, 5) is 16.6. The predicted molar refractivity (Wildman–Crippen MR) is 130 cm³/mol. The molecule has 164 valence electrons. The first kappa shape index (κ1) is 21.3. The lowest BCUT2D eigenvalue weighted by Crippen LogP contribution is -2.10. The van der Waals surface area contributed by atoms with Crippen LogP contribution < -0.4 is 5.32 Å². The molecule has 1 aliphatic heterocycles. The van der Waals surface area contributed by atoms with Gasteiger partial charge in [-0.15, -0.1) is 0 Å². The van der Waals surface area contributed by atoms with Crippen molar-refractivity contribution in [2.75, 3.05) is 0 Å². The lowest BCUT2D eigenvalue weighted by molar-refractivity contribution is -0.118. The van der Waals surface area contributed by atoms with Gasteiger partial charge >= 0.3 is 0 Å². The summed E-state index contributed by atoms with van der Waals surface area (Å²) in [7, 11) is -1.38. The van der Waals surface area contributed by atoms with Gasteiger partial charge in [-0.25, -0.2) is 9.50 Å². The third kappa shape index (κ3) is 4.37. The molecule has 4 aromatic rings. The van der Waals surface area contributed by atoms with Crippen molar-refractivity contribution < 1.29 is 9.00 Å². The highest BCUT2D eigenvalue weighted by Gasteiger charge is 2.21. The van der Waals surface area contributed by atoms with E-state index in [1.54, 1.807) is 22.8 Å². The Labute approximate surface area is 198 Å². The summed E-state index contributed by atoms with van der Waals surface area (Å²) in [5.74, 6) is 0.250. The summed E-state index contributed by atoms with van der Waals surface area (Å²) in [5, 5.41) is 8.31. The van der Waals surface area contributed by atoms with E-state index in [2.05, 4.69) is 17.0 Å². The molecule has 2 aromatic carbocycles. The van der Waals surface area contributed by atoms with Crippen molar-refractivity contribution in [2.24, 2.45) is 0 Å². The van der Waals surface area contributed by atoms with E-state index >= 15 is 0 Å². The van der Waals surface area contributed by atoms with Crippen LogP contribution in [0.15, 0.2) is 89.7 Å². The number of hydrogen-bond donors (Lipinski definition) is 1. The zero-order valence-corrected chi connectivity index (χ0v) is 19.1. The first-order valence-electron chi connectivity index (χ1n) is 10.2. The molecule has 3 heterocycles. The highest BCUT2D eigenvalue weighted by molar-refractivity contribution is 7.84. The smallest absolute Gasteiger partial charge is 0.228 e. The lowest BCUT2D eigenvalue weighted by Gasteiger charge is -2.09. The van der Waals surface area contributed by atoms with Crippen LogP contribution in [-0.2, 0) is 21.3 Å². The number of carbonyl (C=O) groups excluding carboxylic acids is 1. The van der Waals surface area contributed by atoms with Crippen LogP contribution in [0.25, 0.3) is 23.0 Å². The molecule has 1 atom stereocenters. The van der Waals surface area contributed by atoms with Gasteiger partial charge in [0.15, 0.2) is 5.65 Å². The van der Waals surface area contributed by atoms with Crippen LogP contribution in [0.5, 0.6) is 0 Å². The van der Waals surface area contributed by atoms with E-state index in [4.69, 9.17) is 16.6 Å². The van der Waals surface area contributed by atoms with Crippen LogP contribution in [-0.4, -0.2) is 24.7 Å². The van der Waals surface area contributed by atoms with Crippen LogP contribution in [0.3, 0.4) is 0 Å². The molecule has 5 rings (SSSR count). The van der Waals surface area contributed by atoms with Gasteiger partial charge in [-0.1, -0.05) is 60.6 Å². The largest absolute Gasteiger partial charge is 0.326 e. The molecular weight excluding hydrogens is 456 g/mol. The van der Waals surface area contributed by atoms with E-state index in [0.29, 0.717) is 38.4 Å².